The summed E-state index contributed by atoms with van der Waals surface area (Å²) >= 11 is 0. The fraction of sp³-hybridized carbons (Fsp3) is 0.583. The second-order valence-corrected chi connectivity index (χ2v) is 10.4. The van der Waals surface area contributed by atoms with E-state index in [2.05, 4.69) is 57.7 Å². The van der Waals surface area contributed by atoms with E-state index < -0.39 is 8.07 Å². The summed E-state index contributed by atoms with van der Waals surface area (Å²) in [4.78, 5) is 4.42. The lowest BCUT2D eigenvalue weighted by Crippen LogP contribution is -2.40. The van der Waals surface area contributed by atoms with Crippen LogP contribution in [-0.2, 0) is 0 Å². The van der Waals surface area contributed by atoms with Crippen molar-refractivity contribution in [2.75, 3.05) is 0 Å². The molecule has 0 aliphatic carbocycles. The van der Waals surface area contributed by atoms with Gasteiger partial charge in [-0.1, -0.05) is 33.5 Å². The maximum atomic E-state index is 4.42. The predicted molar refractivity (Wildman–Crippen MR) is 66.0 cm³/mol. The first-order chi connectivity index (χ1) is 6.32. The second kappa shape index (κ2) is 3.85. The number of nitrogens with zero attached hydrogens (tertiary/aromatic N) is 1. The number of aromatic nitrogens is 1. The Kier molecular flexibility index (Phi) is 3.15. The Bertz CT molecular complexity index is 324. The van der Waals surface area contributed by atoms with Gasteiger partial charge in [-0.25, -0.2) is 0 Å². The van der Waals surface area contributed by atoms with Gasteiger partial charge < -0.3 is 0 Å². The minimum atomic E-state index is -1.23. The molecule has 1 heterocycles. The zero-order valence-corrected chi connectivity index (χ0v) is 11.2. The summed E-state index contributed by atoms with van der Waals surface area (Å²) in [5.74, 6) is 0.610. The third kappa shape index (κ3) is 2.44. The maximum Gasteiger partial charge on any atom is 0.0799 e. The van der Waals surface area contributed by atoms with Gasteiger partial charge in [0.2, 0.25) is 0 Å². The van der Waals surface area contributed by atoms with Gasteiger partial charge in [0.1, 0.15) is 0 Å². The third-order valence-corrected chi connectivity index (χ3v) is 4.54. The molecule has 0 amide bonds. The molecule has 14 heavy (non-hydrogen) atoms. The van der Waals surface area contributed by atoms with E-state index in [-0.39, 0.29) is 0 Å². The van der Waals surface area contributed by atoms with Gasteiger partial charge in [0.25, 0.3) is 0 Å². The molecule has 1 rings (SSSR count). The van der Waals surface area contributed by atoms with Crippen molar-refractivity contribution in [3.8, 4) is 0 Å². The average molecular weight is 207 g/mol. The largest absolute Gasteiger partial charge is 0.262 e. The molecule has 0 aliphatic heterocycles. The zero-order valence-electron chi connectivity index (χ0n) is 10.2. The summed E-state index contributed by atoms with van der Waals surface area (Å²) in [5.41, 5.74) is 2.63. The highest BCUT2D eigenvalue weighted by Gasteiger charge is 2.21. The molecule has 1 aromatic rings. The Morgan fingerprint density at radius 3 is 2.21 bits per heavy atom. The summed E-state index contributed by atoms with van der Waals surface area (Å²) in [5, 5.41) is 1.51. The van der Waals surface area contributed by atoms with Crippen LogP contribution in [0.3, 0.4) is 0 Å². The van der Waals surface area contributed by atoms with E-state index in [0.717, 1.165) is 5.69 Å². The summed E-state index contributed by atoms with van der Waals surface area (Å²) in [6.45, 7) is 13.7. The van der Waals surface area contributed by atoms with Crippen molar-refractivity contribution in [2.45, 2.75) is 46.3 Å². The van der Waals surface area contributed by atoms with Crippen molar-refractivity contribution in [3.63, 3.8) is 0 Å². The van der Waals surface area contributed by atoms with Gasteiger partial charge in [0.05, 0.1) is 8.07 Å². The van der Waals surface area contributed by atoms with Gasteiger partial charge in [-0.3, -0.25) is 4.98 Å². The van der Waals surface area contributed by atoms with E-state index in [1.807, 2.05) is 0 Å². The monoisotopic (exact) mass is 207 g/mol. The van der Waals surface area contributed by atoms with Gasteiger partial charge in [-0.15, -0.1) is 0 Å². The van der Waals surface area contributed by atoms with Gasteiger partial charge in [0.15, 0.2) is 0 Å². The highest BCUT2D eigenvalue weighted by atomic mass is 28.3. The molecule has 0 N–H and O–H groups in total. The Hall–Kier alpha value is -0.633. The van der Waals surface area contributed by atoms with Crippen molar-refractivity contribution in [1.29, 1.82) is 0 Å². The van der Waals surface area contributed by atoms with E-state index in [9.17, 15) is 0 Å². The lowest BCUT2D eigenvalue weighted by atomic mass is 10.0. The Balaban J connectivity index is 3.29. The molecule has 1 aromatic heterocycles. The lowest BCUT2D eigenvalue weighted by molar-refractivity contribution is 0.865. The van der Waals surface area contributed by atoms with Crippen LogP contribution in [0.15, 0.2) is 12.3 Å². The Labute approximate surface area is 88.6 Å². The van der Waals surface area contributed by atoms with Crippen LogP contribution in [0, 0.1) is 6.92 Å². The van der Waals surface area contributed by atoms with Crippen LogP contribution in [-0.4, -0.2) is 13.1 Å². The summed E-state index contributed by atoms with van der Waals surface area (Å²) in [6.07, 6.45) is 2.09. The van der Waals surface area contributed by atoms with Crippen molar-refractivity contribution in [1.82, 2.24) is 4.98 Å². The number of hydrogen-bond donors (Lipinski definition) is 0. The molecular formula is C12H21NSi. The fourth-order valence-corrected chi connectivity index (χ4v) is 3.36. The molecule has 0 radical (unpaired) electrons. The first-order valence-corrected chi connectivity index (χ1v) is 8.79. The highest BCUT2D eigenvalue weighted by molar-refractivity contribution is 6.89. The van der Waals surface area contributed by atoms with Gasteiger partial charge in [-0.05, 0) is 29.7 Å². The third-order valence-electron chi connectivity index (χ3n) is 2.50. The molecule has 0 aromatic carbocycles. The lowest BCUT2D eigenvalue weighted by Gasteiger charge is -2.22. The van der Waals surface area contributed by atoms with Crippen LogP contribution in [0.4, 0.5) is 0 Å². The minimum absolute atomic E-state index is 0.610. The molecule has 0 aliphatic rings. The quantitative estimate of drug-likeness (QED) is 0.679. The van der Waals surface area contributed by atoms with Crippen LogP contribution in [0.2, 0.25) is 19.6 Å². The van der Waals surface area contributed by atoms with Gasteiger partial charge in [0, 0.05) is 11.9 Å². The molecule has 2 heteroatoms. The predicted octanol–water partition coefficient (Wildman–Crippen LogP) is 3.06. The molecule has 0 atom stereocenters. The molecule has 78 valence electrons. The fourth-order valence-electron chi connectivity index (χ4n) is 1.69. The minimum Gasteiger partial charge on any atom is -0.262 e. The molecule has 0 unspecified atom stereocenters. The van der Waals surface area contributed by atoms with Crippen LogP contribution < -0.4 is 5.19 Å². The SMILES string of the molecule is Cc1cc(C(C)C)c([Si](C)(C)C)cn1. The molecule has 0 spiro atoms. The smallest absolute Gasteiger partial charge is 0.0799 e. The Morgan fingerprint density at radius 2 is 1.79 bits per heavy atom. The Morgan fingerprint density at radius 1 is 1.21 bits per heavy atom. The number of hydrogen-bond acceptors (Lipinski definition) is 1. The summed E-state index contributed by atoms with van der Waals surface area (Å²) in [6, 6.07) is 2.25. The van der Waals surface area contributed by atoms with E-state index in [1.165, 1.54) is 10.8 Å². The van der Waals surface area contributed by atoms with E-state index in [0.29, 0.717) is 5.92 Å². The van der Waals surface area contributed by atoms with E-state index in [4.69, 9.17) is 0 Å². The van der Waals surface area contributed by atoms with E-state index >= 15 is 0 Å². The normalized spacial score (nSPS) is 12.2. The van der Waals surface area contributed by atoms with Crippen LogP contribution in [0.1, 0.15) is 31.0 Å². The first kappa shape index (κ1) is 11.4. The average Bonchev–Trinajstić information content (AvgIpc) is 2.01. The second-order valence-electron chi connectivity index (χ2n) is 5.32. The van der Waals surface area contributed by atoms with Crippen molar-refractivity contribution in [3.05, 3.63) is 23.5 Å². The van der Waals surface area contributed by atoms with Crippen LogP contribution in [0.5, 0.6) is 0 Å². The molecule has 0 bridgehead atoms. The van der Waals surface area contributed by atoms with Crippen molar-refractivity contribution < 1.29 is 0 Å². The van der Waals surface area contributed by atoms with Crippen molar-refractivity contribution >= 4 is 13.3 Å². The maximum absolute atomic E-state index is 4.42. The number of rotatable bonds is 2. The molecule has 0 saturated heterocycles. The molecule has 0 saturated carbocycles. The van der Waals surface area contributed by atoms with Crippen LogP contribution >= 0.6 is 0 Å². The molecular weight excluding hydrogens is 186 g/mol. The number of aryl methyl sites for hydroxylation is 1. The van der Waals surface area contributed by atoms with Gasteiger partial charge >= 0.3 is 0 Å². The molecule has 1 nitrogen and oxygen atoms in total. The van der Waals surface area contributed by atoms with Crippen molar-refractivity contribution in [2.24, 2.45) is 0 Å². The standard InChI is InChI=1S/C12H21NSi/c1-9(2)11-7-10(3)13-8-12(11)14(4,5)6/h7-9H,1-6H3. The zero-order chi connectivity index (χ0) is 10.9. The summed E-state index contributed by atoms with van der Waals surface area (Å²) in [7, 11) is -1.23. The van der Waals surface area contributed by atoms with Gasteiger partial charge in [-0.2, -0.15) is 0 Å². The number of pyridine rings is 1. The van der Waals surface area contributed by atoms with E-state index in [1.54, 1.807) is 0 Å². The van der Waals surface area contributed by atoms with Crippen LogP contribution in [0.25, 0.3) is 0 Å². The molecule has 0 fully saturated rings. The summed E-state index contributed by atoms with van der Waals surface area (Å²) < 4.78 is 0. The highest BCUT2D eigenvalue weighted by Crippen LogP contribution is 2.16. The topological polar surface area (TPSA) is 12.9 Å². The first-order valence-electron chi connectivity index (χ1n) is 5.29.